The Morgan fingerprint density at radius 2 is 1.84 bits per heavy atom. The molecule has 13 nitrogen and oxygen atoms in total. The smallest absolute Gasteiger partial charge is 0.333 e. The van der Waals surface area contributed by atoms with Crippen molar-refractivity contribution in [1.29, 1.82) is 0 Å². The topological polar surface area (TPSA) is 208 Å². The molecule has 3 heterocycles. The maximum atomic E-state index is 13.2. The standard InChI is InChI=1S/C42H59NO12/c1-4-26-27(20-34(47)48)29(37(49)52-3)21-39(15-8-9-16-39)36(26)55-41(23-46)40(51)17-14-30-28-19-31(24(2)25-11-6-5-7-12-25)43-35(28)32(13-10-18-44)53-42(30,38(40)50)33(22-45)54-41/h4,19,21,24-27,33,36,38,43-46,50-51H,1,5-18,20,22-23H2,2-3H3,(H,47,48)/t24-,26-,27+,33-,36+,38-,40-,41+,42-/m1/s1. The minimum absolute atomic E-state index is 0.0995. The lowest BCUT2D eigenvalue weighted by molar-refractivity contribution is -0.439. The molecule has 2 aliphatic heterocycles. The predicted octanol–water partition coefficient (Wildman–Crippen LogP) is 2.42. The molecule has 7 rings (SSSR count). The number of aromatic nitrogens is 1. The second-order valence-corrected chi connectivity index (χ2v) is 16.9. The van der Waals surface area contributed by atoms with Gasteiger partial charge in [-0.05, 0) is 68.4 Å². The molecule has 2 spiro atoms. The van der Waals surface area contributed by atoms with Gasteiger partial charge in [-0.15, -0.1) is 6.58 Å². The van der Waals surface area contributed by atoms with Crippen molar-refractivity contribution in [3.8, 4) is 0 Å². The summed E-state index contributed by atoms with van der Waals surface area (Å²) in [5.74, 6) is -4.60. The lowest BCUT2D eigenvalue weighted by atomic mass is 9.60. The quantitative estimate of drug-likeness (QED) is 0.114. The maximum Gasteiger partial charge on any atom is 0.333 e. The van der Waals surface area contributed by atoms with E-state index in [0.29, 0.717) is 42.9 Å². The first-order valence-electron chi connectivity index (χ1n) is 20.3. The number of nitrogens with one attached hydrogen (secondary N) is 1. The Balaban J connectivity index is 1.34. The van der Waals surface area contributed by atoms with E-state index >= 15 is 0 Å². The van der Waals surface area contributed by atoms with E-state index in [4.69, 9.17) is 18.9 Å². The fourth-order valence-corrected chi connectivity index (χ4v) is 11.3. The van der Waals surface area contributed by atoms with E-state index in [1.54, 1.807) is 12.2 Å². The van der Waals surface area contributed by atoms with E-state index in [0.717, 1.165) is 41.9 Å². The van der Waals surface area contributed by atoms with Crippen LogP contribution < -0.4 is 10.6 Å². The molecular formula is C42H59NO12. The Morgan fingerprint density at radius 1 is 1.11 bits per heavy atom. The number of carboxylic acids is 1. The highest BCUT2D eigenvalue weighted by atomic mass is 16.7. The van der Waals surface area contributed by atoms with Crippen molar-refractivity contribution in [1.82, 2.24) is 4.98 Å². The fourth-order valence-electron chi connectivity index (χ4n) is 11.3. The number of carbonyl (C=O) groups excluding carboxylic acids is 1. The van der Waals surface area contributed by atoms with Crippen LogP contribution >= 0.6 is 0 Å². The van der Waals surface area contributed by atoms with Gasteiger partial charge >= 0.3 is 11.9 Å². The number of ether oxygens (including phenoxy) is 4. The summed E-state index contributed by atoms with van der Waals surface area (Å²) in [5, 5.41) is 69.6. The summed E-state index contributed by atoms with van der Waals surface area (Å²) in [6.07, 6.45) is 8.18. The number of aromatic amines is 1. The van der Waals surface area contributed by atoms with Crippen LogP contribution in [0, 0.1) is 23.2 Å². The van der Waals surface area contributed by atoms with Gasteiger partial charge in [-0.1, -0.05) is 51.2 Å². The first-order chi connectivity index (χ1) is 26.4. The molecule has 9 atom stereocenters. The van der Waals surface area contributed by atoms with E-state index in [1.807, 2.05) is 0 Å². The summed E-state index contributed by atoms with van der Waals surface area (Å²) in [6, 6.07) is 2.11. The van der Waals surface area contributed by atoms with Gasteiger partial charge in [-0.25, -0.2) is 4.79 Å². The van der Waals surface area contributed by atoms with Crippen LogP contribution in [0.3, 0.4) is 0 Å². The number of H-pyrrole nitrogens is 1. The number of rotatable bonds is 13. The highest BCUT2D eigenvalue weighted by Gasteiger charge is 2.76. The normalized spacial score (nSPS) is 36.1. The lowest BCUT2D eigenvalue weighted by Crippen LogP contribution is -2.83. The Morgan fingerprint density at radius 3 is 2.45 bits per heavy atom. The third-order valence-corrected chi connectivity index (χ3v) is 14.2. The first-order valence-corrected chi connectivity index (χ1v) is 20.3. The summed E-state index contributed by atoms with van der Waals surface area (Å²) < 4.78 is 25.6. The van der Waals surface area contributed by atoms with Crippen molar-refractivity contribution in [2.75, 3.05) is 26.9 Å². The molecule has 4 fully saturated rings. The maximum absolute atomic E-state index is 13.2. The summed E-state index contributed by atoms with van der Waals surface area (Å²) >= 11 is 0. The van der Waals surface area contributed by atoms with Crippen LogP contribution in [0.5, 0.6) is 0 Å². The van der Waals surface area contributed by atoms with Crippen LogP contribution in [-0.4, -0.2) is 110 Å². The Bertz CT molecular complexity index is 1790. The molecule has 1 aromatic heterocycles. The van der Waals surface area contributed by atoms with E-state index in [-0.39, 0.29) is 30.9 Å². The largest absolute Gasteiger partial charge is 0.481 e. The fraction of sp³-hybridized carbons (Fsp3) is 0.714. The summed E-state index contributed by atoms with van der Waals surface area (Å²) in [5.41, 5.74) is -2.99. The highest BCUT2D eigenvalue weighted by Crippen LogP contribution is 2.60. The molecule has 6 aliphatic rings. The van der Waals surface area contributed by atoms with Gasteiger partial charge in [0.1, 0.15) is 24.6 Å². The van der Waals surface area contributed by atoms with Crippen molar-refractivity contribution >= 4 is 23.3 Å². The molecule has 304 valence electrons. The molecule has 1 saturated heterocycles. The molecule has 3 saturated carbocycles. The monoisotopic (exact) mass is 769 g/mol. The number of carboxylic acid groups (broad SMARTS) is 1. The van der Waals surface area contributed by atoms with Gasteiger partial charge in [0.05, 0.1) is 31.6 Å². The summed E-state index contributed by atoms with van der Waals surface area (Å²) in [4.78, 5) is 29.0. The number of methoxy groups -OCH3 is 1. The molecule has 0 radical (unpaired) electrons. The number of hydrogen-bond acceptors (Lipinski definition) is 11. The molecule has 13 heteroatoms. The zero-order chi connectivity index (χ0) is 39.3. The zero-order valence-electron chi connectivity index (χ0n) is 32.1. The Labute approximate surface area is 321 Å². The van der Waals surface area contributed by atoms with E-state index in [1.165, 1.54) is 26.4 Å². The molecule has 0 amide bonds. The number of carbonyl (C=O) groups is 2. The van der Waals surface area contributed by atoms with Crippen LogP contribution in [0.2, 0.25) is 0 Å². The SMILES string of the molecule is C=C[C@@H]1[C@H](CC(=O)O)C(C(=O)OC)=CC2(CCCC2)[C@H]1O[C@]1(CO)O[C@H](CO)[C@]23OC(CCCO)=c4[nH]c([C@H](C)C5CCCCC5)cc4=C2CC[C@@]1(O)[C@H]3O. The van der Waals surface area contributed by atoms with Gasteiger partial charge in [-0.2, -0.15) is 0 Å². The van der Waals surface area contributed by atoms with E-state index in [9.17, 15) is 40.2 Å². The van der Waals surface area contributed by atoms with Gasteiger partial charge in [0.2, 0.25) is 5.79 Å². The molecule has 7 N–H and O–H groups in total. The van der Waals surface area contributed by atoms with Crippen molar-refractivity contribution in [3.63, 3.8) is 0 Å². The van der Waals surface area contributed by atoms with Gasteiger partial charge in [0.25, 0.3) is 0 Å². The molecule has 4 aliphatic carbocycles. The number of hydrogen-bond donors (Lipinski definition) is 7. The number of aliphatic hydroxyl groups is 5. The van der Waals surface area contributed by atoms with Crippen molar-refractivity contribution in [2.24, 2.45) is 23.2 Å². The average Bonchev–Trinajstić information content (AvgIpc) is 3.86. The molecule has 55 heavy (non-hydrogen) atoms. The van der Waals surface area contributed by atoms with Gasteiger partial charge in [-0.3, -0.25) is 4.79 Å². The molecular weight excluding hydrogens is 710 g/mol. The van der Waals surface area contributed by atoms with Gasteiger partial charge in [0.15, 0.2) is 11.2 Å². The lowest BCUT2D eigenvalue weighted by Gasteiger charge is -2.65. The van der Waals surface area contributed by atoms with Crippen LogP contribution in [0.4, 0.5) is 0 Å². The van der Waals surface area contributed by atoms with Crippen molar-refractivity contribution in [3.05, 3.63) is 46.6 Å². The number of aliphatic carboxylic acids is 1. The Kier molecular flexibility index (Phi) is 11.2. The Hall–Kier alpha value is -3.04. The first kappa shape index (κ1) is 40.2. The molecule has 0 unspecified atom stereocenters. The van der Waals surface area contributed by atoms with Crippen molar-refractivity contribution in [2.45, 2.75) is 138 Å². The second-order valence-electron chi connectivity index (χ2n) is 16.9. The third kappa shape index (κ3) is 6.24. The van der Waals surface area contributed by atoms with Gasteiger partial charge < -0.3 is 54.6 Å². The summed E-state index contributed by atoms with van der Waals surface area (Å²) in [6.45, 7) is 4.56. The summed E-state index contributed by atoms with van der Waals surface area (Å²) in [7, 11) is 1.25. The van der Waals surface area contributed by atoms with E-state index < -0.39 is 84.1 Å². The second kappa shape index (κ2) is 15.4. The third-order valence-electron chi connectivity index (χ3n) is 14.2. The van der Waals surface area contributed by atoms with E-state index in [2.05, 4.69) is 24.6 Å². The number of fused-ring (bicyclic) bond motifs is 2. The van der Waals surface area contributed by atoms with Crippen molar-refractivity contribution < 1.29 is 59.2 Å². The van der Waals surface area contributed by atoms with Gasteiger partial charge in [0, 0.05) is 46.8 Å². The minimum Gasteiger partial charge on any atom is -0.481 e. The average molecular weight is 770 g/mol. The number of aliphatic hydroxyl groups excluding tert-OH is 4. The minimum atomic E-state index is -2.31. The highest BCUT2D eigenvalue weighted by molar-refractivity contribution is 5.90. The predicted molar refractivity (Wildman–Crippen MR) is 199 cm³/mol. The molecule has 0 aromatic carbocycles. The molecule has 1 aromatic rings. The van der Waals surface area contributed by atoms with Crippen LogP contribution in [0.25, 0.3) is 11.3 Å². The van der Waals surface area contributed by atoms with Crippen LogP contribution in [0.1, 0.15) is 108 Å². The van der Waals surface area contributed by atoms with Crippen LogP contribution in [-0.2, 0) is 28.5 Å². The zero-order valence-corrected chi connectivity index (χ0v) is 32.1. The molecule has 2 bridgehead atoms. The van der Waals surface area contributed by atoms with Crippen LogP contribution in [0.15, 0.2) is 30.4 Å². The number of esters is 1.